The molecule has 0 bridgehead atoms. The Hall–Kier alpha value is -0.860. The van der Waals surface area contributed by atoms with Crippen molar-refractivity contribution in [2.24, 2.45) is 0 Å². The molecule has 0 fully saturated rings. The molecule has 0 spiro atoms. The molecule has 0 saturated carbocycles. The Morgan fingerprint density at radius 2 is 1.21 bits per heavy atom. The highest BCUT2D eigenvalue weighted by molar-refractivity contribution is 7.20. The second-order valence-electron chi connectivity index (χ2n) is 3.60. The van der Waals surface area contributed by atoms with Crippen LogP contribution >= 0.6 is 22.7 Å². The molecule has 1 aromatic carbocycles. The molecule has 0 radical (unpaired) electrons. The number of aryl methyl sites for hydroxylation is 2. The Morgan fingerprint density at radius 3 is 1.64 bits per heavy atom. The second kappa shape index (κ2) is 2.81. The average Bonchev–Trinajstić information content (AvgIpc) is 2.65. The lowest BCUT2D eigenvalue weighted by Crippen LogP contribution is -1.63. The summed E-state index contributed by atoms with van der Waals surface area (Å²) in [4.78, 5) is 2.80. The topological polar surface area (TPSA) is 0 Å². The zero-order chi connectivity index (χ0) is 9.71. The number of benzene rings is 1. The molecule has 0 unspecified atom stereocenters. The van der Waals surface area contributed by atoms with Gasteiger partial charge in [0.15, 0.2) is 0 Å². The van der Waals surface area contributed by atoms with E-state index in [1.807, 2.05) is 22.7 Å². The van der Waals surface area contributed by atoms with Gasteiger partial charge in [0.05, 0.1) is 0 Å². The van der Waals surface area contributed by atoms with Gasteiger partial charge >= 0.3 is 0 Å². The number of hydrogen-bond acceptors (Lipinski definition) is 2. The maximum atomic E-state index is 2.30. The molecular formula is C12H10S2. The van der Waals surface area contributed by atoms with Crippen LogP contribution in [0.3, 0.4) is 0 Å². The van der Waals surface area contributed by atoms with Crippen molar-refractivity contribution in [2.45, 2.75) is 13.8 Å². The predicted octanol–water partition coefficient (Wildman–Crippen LogP) is 4.73. The molecule has 0 aliphatic carbocycles. The molecule has 0 saturated heterocycles. The molecule has 0 amide bonds. The van der Waals surface area contributed by atoms with Crippen molar-refractivity contribution in [2.75, 3.05) is 0 Å². The Balaban J connectivity index is 2.58. The molecule has 0 aliphatic rings. The summed E-state index contributed by atoms with van der Waals surface area (Å²) in [7, 11) is 0. The molecule has 0 aliphatic heterocycles. The molecule has 2 heterocycles. The first-order chi connectivity index (χ1) is 6.74. The summed E-state index contributed by atoms with van der Waals surface area (Å²) >= 11 is 3.76. The zero-order valence-electron chi connectivity index (χ0n) is 8.13. The summed E-state index contributed by atoms with van der Waals surface area (Å²) in [5, 5.41) is 2.85. The fourth-order valence-electron chi connectivity index (χ4n) is 1.88. The van der Waals surface area contributed by atoms with E-state index in [1.54, 1.807) is 0 Å². The Labute approximate surface area is 90.8 Å². The van der Waals surface area contributed by atoms with Crippen LogP contribution in [0.15, 0.2) is 24.3 Å². The van der Waals surface area contributed by atoms with E-state index in [9.17, 15) is 0 Å². The van der Waals surface area contributed by atoms with Crippen molar-refractivity contribution in [1.82, 2.24) is 0 Å². The highest BCUT2D eigenvalue weighted by Gasteiger charge is 2.05. The van der Waals surface area contributed by atoms with Gasteiger partial charge in [-0.25, -0.2) is 0 Å². The summed E-state index contributed by atoms with van der Waals surface area (Å²) in [6.45, 7) is 4.35. The first-order valence-corrected chi connectivity index (χ1v) is 6.26. The van der Waals surface area contributed by atoms with Crippen LogP contribution in [0, 0.1) is 13.8 Å². The van der Waals surface area contributed by atoms with Gasteiger partial charge < -0.3 is 0 Å². The molecule has 0 N–H and O–H groups in total. The molecule has 2 heteroatoms. The van der Waals surface area contributed by atoms with Crippen LogP contribution in [0.4, 0.5) is 0 Å². The number of fused-ring (bicyclic) bond motifs is 3. The van der Waals surface area contributed by atoms with Crippen LogP contribution in [0.25, 0.3) is 20.2 Å². The van der Waals surface area contributed by atoms with Crippen molar-refractivity contribution >= 4 is 42.8 Å². The van der Waals surface area contributed by atoms with E-state index in [-0.39, 0.29) is 0 Å². The molecular weight excluding hydrogens is 208 g/mol. The minimum Gasteiger partial charge on any atom is -0.141 e. The third-order valence-electron chi connectivity index (χ3n) is 2.44. The van der Waals surface area contributed by atoms with E-state index in [0.717, 1.165) is 0 Å². The van der Waals surface area contributed by atoms with Crippen molar-refractivity contribution in [3.8, 4) is 0 Å². The average molecular weight is 218 g/mol. The van der Waals surface area contributed by atoms with Crippen LogP contribution in [0.2, 0.25) is 0 Å². The van der Waals surface area contributed by atoms with Crippen LogP contribution in [0.5, 0.6) is 0 Å². The summed E-state index contributed by atoms with van der Waals surface area (Å²) in [6, 6.07) is 9.08. The lowest BCUT2D eigenvalue weighted by Gasteiger charge is -1.90. The monoisotopic (exact) mass is 218 g/mol. The SMILES string of the molecule is Cc1cc2c(ccc3sc(C)cc32)s1. The van der Waals surface area contributed by atoms with Gasteiger partial charge in [0.2, 0.25) is 0 Å². The van der Waals surface area contributed by atoms with E-state index in [2.05, 4.69) is 38.1 Å². The van der Waals surface area contributed by atoms with E-state index >= 15 is 0 Å². The first kappa shape index (κ1) is 8.45. The fraction of sp³-hybridized carbons (Fsp3) is 0.167. The van der Waals surface area contributed by atoms with Gasteiger partial charge in [-0.15, -0.1) is 22.7 Å². The van der Waals surface area contributed by atoms with Gasteiger partial charge in [0.1, 0.15) is 0 Å². The minimum atomic E-state index is 1.40. The maximum Gasteiger partial charge on any atom is 0.0352 e. The van der Waals surface area contributed by atoms with Crippen molar-refractivity contribution in [1.29, 1.82) is 0 Å². The third kappa shape index (κ3) is 1.11. The van der Waals surface area contributed by atoms with E-state index < -0.39 is 0 Å². The lowest BCUT2D eigenvalue weighted by molar-refractivity contribution is 1.65. The van der Waals surface area contributed by atoms with Gasteiger partial charge in [0.25, 0.3) is 0 Å². The van der Waals surface area contributed by atoms with Crippen LogP contribution in [-0.4, -0.2) is 0 Å². The normalized spacial score (nSPS) is 11.6. The van der Waals surface area contributed by atoms with Gasteiger partial charge in [-0.05, 0) is 38.1 Å². The minimum absolute atomic E-state index is 1.40. The van der Waals surface area contributed by atoms with E-state index in [1.165, 1.54) is 29.9 Å². The smallest absolute Gasteiger partial charge is 0.0352 e. The van der Waals surface area contributed by atoms with E-state index in [0.29, 0.717) is 0 Å². The molecule has 2 aromatic heterocycles. The number of thiophene rings is 2. The van der Waals surface area contributed by atoms with Crippen molar-refractivity contribution in [3.63, 3.8) is 0 Å². The summed E-state index contributed by atoms with van der Waals surface area (Å²) in [5.41, 5.74) is 0. The van der Waals surface area contributed by atoms with Crippen molar-refractivity contribution in [3.05, 3.63) is 34.0 Å². The highest BCUT2D eigenvalue weighted by atomic mass is 32.1. The van der Waals surface area contributed by atoms with Crippen LogP contribution in [-0.2, 0) is 0 Å². The molecule has 14 heavy (non-hydrogen) atoms. The van der Waals surface area contributed by atoms with Gasteiger partial charge in [-0.2, -0.15) is 0 Å². The second-order valence-corrected chi connectivity index (χ2v) is 6.18. The summed E-state index contributed by atoms with van der Waals surface area (Å²) in [6.07, 6.45) is 0. The van der Waals surface area contributed by atoms with Crippen LogP contribution in [0.1, 0.15) is 9.75 Å². The largest absolute Gasteiger partial charge is 0.141 e. The lowest BCUT2D eigenvalue weighted by atomic mass is 10.2. The number of rotatable bonds is 0. The van der Waals surface area contributed by atoms with Gasteiger partial charge in [0, 0.05) is 29.9 Å². The van der Waals surface area contributed by atoms with Gasteiger partial charge in [-0.3, -0.25) is 0 Å². The molecule has 0 nitrogen and oxygen atoms in total. The predicted molar refractivity (Wildman–Crippen MR) is 66.7 cm³/mol. The molecule has 3 aromatic rings. The third-order valence-corrected chi connectivity index (χ3v) is 4.48. The first-order valence-electron chi connectivity index (χ1n) is 4.63. The summed E-state index contributed by atoms with van der Waals surface area (Å²) < 4.78 is 2.82. The quantitative estimate of drug-likeness (QED) is 0.511. The Bertz CT molecular complexity index is 558. The Kier molecular flexibility index (Phi) is 1.70. The Morgan fingerprint density at radius 1 is 0.786 bits per heavy atom. The highest BCUT2D eigenvalue weighted by Crippen LogP contribution is 2.35. The summed E-state index contributed by atoms with van der Waals surface area (Å²) in [5.74, 6) is 0. The number of hydrogen-bond donors (Lipinski definition) is 0. The van der Waals surface area contributed by atoms with Crippen LogP contribution < -0.4 is 0 Å². The van der Waals surface area contributed by atoms with E-state index in [4.69, 9.17) is 0 Å². The molecule has 3 rings (SSSR count). The molecule has 70 valence electrons. The maximum absolute atomic E-state index is 2.30. The zero-order valence-corrected chi connectivity index (χ0v) is 9.76. The molecule has 0 atom stereocenters. The standard InChI is InChI=1S/C12H10S2/c1-7-5-9-10-6-8(2)14-12(10)4-3-11(9)13-7/h3-6H,1-2H3. The van der Waals surface area contributed by atoms with Crippen molar-refractivity contribution < 1.29 is 0 Å². The van der Waals surface area contributed by atoms with Gasteiger partial charge in [-0.1, -0.05) is 0 Å². The fourth-order valence-corrected chi connectivity index (χ4v) is 3.76.